The highest BCUT2D eigenvalue weighted by atomic mass is 35.5. The third-order valence-electron chi connectivity index (χ3n) is 4.20. The molecule has 2 aliphatic heterocycles. The first kappa shape index (κ1) is 17.7. The van der Waals surface area contributed by atoms with Crippen molar-refractivity contribution < 1.29 is 9.53 Å². The Morgan fingerprint density at radius 3 is 2.33 bits per heavy atom. The highest BCUT2D eigenvalue weighted by Crippen LogP contribution is 2.23. The molecule has 1 aromatic rings. The zero-order valence-corrected chi connectivity index (χ0v) is 15.5. The van der Waals surface area contributed by atoms with E-state index in [1.54, 1.807) is 18.2 Å². The number of hydrogen-bond acceptors (Lipinski definition) is 3. The zero-order valence-electron chi connectivity index (χ0n) is 13.1. The summed E-state index contributed by atoms with van der Waals surface area (Å²) in [5.41, 5.74) is 0.760. The number of amides is 1. The molecule has 0 aliphatic carbocycles. The monoisotopic (exact) mass is 387 g/mol. The van der Waals surface area contributed by atoms with Gasteiger partial charge < -0.3 is 19.9 Å². The Morgan fingerprint density at radius 1 is 1.12 bits per heavy atom. The zero-order chi connectivity index (χ0) is 17.1. The molecule has 1 N–H and O–H groups in total. The Hall–Kier alpha value is -1.08. The smallest absolute Gasteiger partial charge is 0.251 e. The van der Waals surface area contributed by atoms with Gasteiger partial charge in [0.25, 0.3) is 5.91 Å². The van der Waals surface area contributed by atoms with E-state index in [1.807, 2.05) is 9.80 Å². The molecule has 1 unspecified atom stereocenters. The summed E-state index contributed by atoms with van der Waals surface area (Å²) >= 11 is 17.5. The summed E-state index contributed by atoms with van der Waals surface area (Å²) < 4.78 is 5.48. The maximum absolute atomic E-state index is 12.3. The minimum absolute atomic E-state index is 0.104. The molecule has 3 rings (SSSR count). The first-order valence-corrected chi connectivity index (χ1v) is 9.12. The first-order valence-electron chi connectivity index (χ1n) is 7.95. The lowest BCUT2D eigenvalue weighted by Gasteiger charge is -2.37. The van der Waals surface area contributed by atoms with Crippen LogP contribution in [0.5, 0.6) is 0 Å². The summed E-state index contributed by atoms with van der Waals surface area (Å²) in [4.78, 5) is 16.3. The minimum Gasteiger partial charge on any atom is -0.368 e. The first-order chi connectivity index (χ1) is 11.5. The van der Waals surface area contributed by atoms with Crippen LogP contribution >= 0.6 is 35.4 Å². The van der Waals surface area contributed by atoms with Crippen molar-refractivity contribution in [3.63, 3.8) is 0 Å². The lowest BCUT2D eigenvalue weighted by molar-refractivity contribution is -0.142. The third kappa shape index (κ3) is 4.30. The van der Waals surface area contributed by atoms with E-state index in [0.29, 0.717) is 47.9 Å². The van der Waals surface area contributed by atoms with Gasteiger partial charge in [0, 0.05) is 48.5 Å². The van der Waals surface area contributed by atoms with E-state index in [-0.39, 0.29) is 12.0 Å². The Balaban J connectivity index is 1.52. The normalized spacial score (nSPS) is 21.0. The van der Waals surface area contributed by atoms with E-state index in [9.17, 15) is 4.79 Å². The van der Waals surface area contributed by atoms with Crippen LogP contribution in [0.3, 0.4) is 0 Å². The van der Waals surface area contributed by atoms with Gasteiger partial charge in [0.2, 0.25) is 0 Å². The third-order valence-corrected chi connectivity index (χ3v) is 4.99. The van der Waals surface area contributed by atoms with Crippen molar-refractivity contribution in [1.29, 1.82) is 0 Å². The topological polar surface area (TPSA) is 44.8 Å². The van der Waals surface area contributed by atoms with Crippen LogP contribution in [0, 0.1) is 0 Å². The summed E-state index contributed by atoms with van der Waals surface area (Å²) in [7, 11) is 0. The predicted molar refractivity (Wildman–Crippen MR) is 99.8 cm³/mol. The Bertz CT molecular complexity index is 609. The second-order valence-electron chi connectivity index (χ2n) is 5.90. The van der Waals surface area contributed by atoms with Gasteiger partial charge in [-0.2, -0.15) is 0 Å². The number of rotatable bonds is 2. The van der Waals surface area contributed by atoms with E-state index in [4.69, 9.17) is 40.2 Å². The fraction of sp³-hybridized carbons (Fsp3) is 0.500. The van der Waals surface area contributed by atoms with Gasteiger partial charge in [-0.1, -0.05) is 23.2 Å². The second kappa shape index (κ2) is 7.87. The number of piperazine rings is 1. The van der Waals surface area contributed by atoms with Crippen LogP contribution in [0.25, 0.3) is 0 Å². The average Bonchev–Trinajstić information content (AvgIpc) is 3.07. The van der Waals surface area contributed by atoms with Crippen LogP contribution in [0.15, 0.2) is 18.2 Å². The molecule has 8 heteroatoms. The number of carbonyl (C=O) groups is 1. The number of hydrogen-bond donors (Lipinski definition) is 1. The molecule has 2 saturated heterocycles. The van der Waals surface area contributed by atoms with Crippen molar-refractivity contribution in [3.8, 4) is 0 Å². The number of benzene rings is 1. The summed E-state index contributed by atoms with van der Waals surface area (Å²) in [6.07, 6.45) is 1.54. The van der Waals surface area contributed by atoms with E-state index in [0.717, 1.165) is 18.5 Å². The number of thiocarbonyl (C=S) groups is 1. The van der Waals surface area contributed by atoms with E-state index >= 15 is 0 Å². The SMILES string of the molecule is O=C(C1CCCO1)N1CCN(C(=S)Nc2cc(Cl)cc(Cl)c2)CC1. The molecule has 0 radical (unpaired) electrons. The number of carbonyl (C=O) groups excluding carboxylic acids is 1. The van der Waals surface area contributed by atoms with Gasteiger partial charge in [0.15, 0.2) is 5.11 Å². The maximum Gasteiger partial charge on any atom is 0.251 e. The Morgan fingerprint density at radius 2 is 1.75 bits per heavy atom. The molecule has 0 bridgehead atoms. The van der Waals surface area contributed by atoms with Crippen molar-refractivity contribution in [2.45, 2.75) is 18.9 Å². The molecule has 2 heterocycles. The average molecular weight is 388 g/mol. The van der Waals surface area contributed by atoms with Gasteiger partial charge in [0.05, 0.1) is 0 Å². The van der Waals surface area contributed by atoms with Gasteiger partial charge >= 0.3 is 0 Å². The van der Waals surface area contributed by atoms with E-state index < -0.39 is 0 Å². The quantitative estimate of drug-likeness (QED) is 0.790. The Kier molecular flexibility index (Phi) is 5.81. The van der Waals surface area contributed by atoms with E-state index in [1.165, 1.54) is 0 Å². The van der Waals surface area contributed by atoms with Crippen molar-refractivity contribution in [1.82, 2.24) is 9.80 Å². The molecule has 1 amide bonds. The number of nitrogens with zero attached hydrogens (tertiary/aromatic N) is 2. The molecule has 1 aromatic carbocycles. The van der Waals surface area contributed by atoms with E-state index in [2.05, 4.69) is 5.32 Å². The molecule has 2 aliphatic rings. The standard InChI is InChI=1S/C16H19Cl2N3O2S/c17-11-8-12(18)10-13(9-11)19-16(24)21-5-3-20(4-6-21)15(22)14-2-1-7-23-14/h8-10,14H,1-7H2,(H,19,24). The minimum atomic E-state index is -0.254. The largest absolute Gasteiger partial charge is 0.368 e. The second-order valence-corrected chi connectivity index (χ2v) is 7.16. The van der Waals surface area contributed by atoms with Gasteiger partial charge in [-0.25, -0.2) is 0 Å². The van der Waals surface area contributed by atoms with Crippen LogP contribution in [-0.2, 0) is 9.53 Å². The summed E-state index contributed by atoms with van der Waals surface area (Å²) in [5, 5.41) is 4.87. The molecule has 24 heavy (non-hydrogen) atoms. The molecule has 5 nitrogen and oxygen atoms in total. The van der Waals surface area contributed by atoms with Gasteiger partial charge in [-0.3, -0.25) is 4.79 Å². The molecule has 0 aromatic heterocycles. The number of anilines is 1. The molecule has 130 valence electrons. The fourth-order valence-corrected chi connectivity index (χ4v) is 3.76. The van der Waals surface area contributed by atoms with Crippen LogP contribution in [0.4, 0.5) is 5.69 Å². The van der Waals surface area contributed by atoms with Crippen LogP contribution < -0.4 is 5.32 Å². The molecule has 0 saturated carbocycles. The van der Waals surface area contributed by atoms with Crippen molar-refractivity contribution >= 4 is 52.1 Å². The summed E-state index contributed by atoms with van der Waals surface area (Å²) in [6, 6.07) is 5.22. The van der Waals surface area contributed by atoms with Crippen LogP contribution in [0.1, 0.15) is 12.8 Å². The number of halogens is 2. The van der Waals surface area contributed by atoms with Crippen LogP contribution in [0.2, 0.25) is 10.0 Å². The summed E-state index contributed by atoms with van der Waals surface area (Å²) in [5.74, 6) is 0.104. The van der Waals surface area contributed by atoms with Gasteiger partial charge in [0.1, 0.15) is 6.10 Å². The summed E-state index contributed by atoms with van der Waals surface area (Å²) in [6.45, 7) is 3.37. The fourth-order valence-electron chi connectivity index (χ4n) is 2.93. The lowest BCUT2D eigenvalue weighted by atomic mass is 10.2. The van der Waals surface area contributed by atoms with Crippen molar-refractivity contribution in [2.75, 3.05) is 38.1 Å². The van der Waals surface area contributed by atoms with Crippen molar-refractivity contribution in [2.24, 2.45) is 0 Å². The molecule has 2 fully saturated rings. The molecule has 0 spiro atoms. The maximum atomic E-state index is 12.3. The number of nitrogens with one attached hydrogen (secondary N) is 1. The van der Waals surface area contributed by atoms with Gasteiger partial charge in [-0.15, -0.1) is 0 Å². The molecule has 1 atom stereocenters. The predicted octanol–water partition coefficient (Wildman–Crippen LogP) is 3.01. The van der Waals surface area contributed by atoms with Crippen LogP contribution in [-0.4, -0.2) is 59.7 Å². The molecular weight excluding hydrogens is 369 g/mol. The Labute approximate surface area is 156 Å². The number of ether oxygens (including phenoxy) is 1. The van der Waals surface area contributed by atoms with Gasteiger partial charge in [-0.05, 0) is 43.3 Å². The molecular formula is C16H19Cl2N3O2S. The highest BCUT2D eigenvalue weighted by molar-refractivity contribution is 7.80. The van der Waals surface area contributed by atoms with Crippen molar-refractivity contribution in [3.05, 3.63) is 28.2 Å². The lowest BCUT2D eigenvalue weighted by Crippen LogP contribution is -2.53. The highest BCUT2D eigenvalue weighted by Gasteiger charge is 2.30.